The first-order valence-corrected chi connectivity index (χ1v) is 9.99. The number of hydrogen-bond donors (Lipinski definition) is 3. The Bertz CT molecular complexity index is 918. The van der Waals surface area contributed by atoms with Gasteiger partial charge >= 0.3 is 0 Å². The average Bonchev–Trinajstić information content (AvgIpc) is 2.67. The third kappa shape index (κ3) is 6.73. The van der Waals surface area contributed by atoms with E-state index in [1.165, 1.54) is 7.11 Å². The summed E-state index contributed by atoms with van der Waals surface area (Å²) in [4.78, 5) is 24.3. The van der Waals surface area contributed by atoms with Crippen molar-refractivity contribution in [2.75, 3.05) is 17.7 Å². The molecule has 2 rings (SSSR count). The number of nitrogens with one attached hydrogen (secondary N) is 3. The number of thiocarbonyl (C=S) groups is 1. The van der Waals surface area contributed by atoms with Gasteiger partial charge in [-0.25, -0.2) is 0 Å². The molecule has 154 valence electrons. The summed E-state index contributed by atoms with van der Waals surface area (Å²) >= 11 is 11.3. The number of halogens is 1. The van der Waals surface area contributed by atoms with Gasteiger partial charge in [-0.2, -0.15) is 0 Å². The molecule has 0 aliphatic rings. The van der Waals surface area contributed by atoms with Crippen molar-refractivity contribution in [2.24, 2.45) is 0 Å². The van der Waals surface area contributed by atoms with Crippen LogP contribution < -0.4 is 20.7 Å². The summed E-state index contributed by atoms with van der Waals surface area (Å²) in [6, 6.07) is 10.3. The Hall–Kier alpha value is -2.64. The third-order valence-corrected chi connectivity index (χ3v) is 4.60. The van der Waals surface area contributed by atoms with Crippen LogP contribution in [0.3, 0.4) is 0 Å². The molecule has 29 heavy (non-hydrogen) atoms. The van der Waals surface area contributed by atoms with Gasteiger partial charge in [-0.05, 0) is 55.4 Å². The molecule has 0 bridgehead atoms. The maximum absolute atomic E-state index is 12.4. The molecule has 2 amide bonds. The van der Waals surface area contributed by atoms with Gasteiger partial charge in [0.2, 0.25) is 5.91 Å². The second-order valence-corrected chi connectivity index (χ2v) is 7.27. The molecular formula is C21H24ClN3O3S. The molecule has 0 spiro atoms. The predicted octanol–water partition coefficient (Wildman–Crippen LogP) is 4.91. The molecule has 0 heterocycles. The molecule has 0 saturated carbocycles. The molecule has 0 radical (unpaired) electrons. The quantitative estimate of drug-likeness (QED) is 0.540. The van der Waals surface area contributed by atoms with E-state index in [0.717, 1.165) is 18.4 Å². The zero-order valence-corrected chi connectivity index (χ0v) is 18.2. The van der Waals surface area contributed by atoms with Crippen molar-refractivity contribution in [1.29, 1.82) is 0 Å². The number of methoxy groups -OCH3 is 1. The smallest absolute Gasteiger partial charge is 0.258 e. The highest BCUT2D eigenvalue weighted by atomic mass is 35.5. The molecule has 2 aromatic carbocycles. The first-order chi connectivity index (χ1) is 13.8. The number of amides is 2. The Kier molecular flexibility index (Phi) is 8.42. The summed E-state index contributed by atoms with van der Waals surface area (Å²) in [5.41, 5.74) is 2.47. The number of ether oxygens (including phenoxy) is 1. The Morgan fingerprint density at radius 2 is 1.90 bits per heavy atom. The van der Waals surface area contributed by atoms with Gasteiger partial charge in [0.25, 0.3) is 5.91 Å². The molecule has 0 saturated heterocycles. The largest absolute Gasteiger partial charge is 0.494 e. The number of carbonyl (C=O) groups is 2. The molecule has 0 atom stereocenters. The standard InChI is InChI=1S/C21H24ClN3O3S/c1-4-5-6-19(26)24-17-10-8-14(12-18(17)28-3)23-21(29)25-20(27)15-9-7-13(2)11-16(15)22/h7-12H,4-6H2,1-3H3,(H,24,26)(H2,23,25,27,29). The van der Waals surface area contributed by atoms with Crippen LogP contribution in [0.1, 0.15) is 42.1 Å². The Balaban J connectivity index is 2.02. The van der Waals surface area contributed by atoms with Gasteiger partial charge in [0.05, 0.1) is 23.4 Å². The van der Waals surface area contributed by atoms with E-state index in [9.17, 15) is 9.59 Å². The molecule has 3 N–H and O–H groups in total. The first-order valence-electron chi connectivity index (χ1n) is 9.20. The van der Waals surface area contributed by atoms with Crippen LogP contribution in [-0.2, 0) is 4.79 Å². The normalized spacial score (nSPS) is 10.2. The van der Waals surface area contributed by atoms with Crippen LogP contribution in [0.25, 0.3) is 0 Å². The third-order valence-electron chi connectivity index (χ3n) is 4.09. The lowest BCUT2D eigenvalue weighted by molar-refractivity contribution is -0.116. The van der Waals surface area contributed by atoms with Gasteiger partial charge in [-0.1, -0.05) is 31.0 Å². The molecule has 8 heteroatoms. The average molecular weight is 434 g/mol. The van der Waals surface area contributed by atoms with Crippen LogP contribution in [0.4, 0.5) is 11.4 Å². The summed E-state index contributed by atoms with van der Waals surface area (Å²) in [6.45, 7) is 3.92. The maximum Gasteiger partial charge on any atom is 0.258 e. The van der Waals surface area contributed by atoms with E-state index < -0.39 is 5.91 Å². The van der Waals surface area contributed by atoms with Gasteiger partial charge in [-0.3, -0.25) is 14.9 Å². The van der Waals surface area contributed by atoms with Crippen molar-refractivity contribution in [3.05, 3.63) is 52.5 Å². The minimum atomic E-state index is -0.403. The Morgan fingerprint density at radius 1 is 1.14 bits per heavy atom. The van der Waals surface area contributed by atoms with E-state index in [0.29, 0.717) is 34.1 Å². The molecule has 2 aromatic rings. The van der Waals surface area contributed by atoms with Gasteiger partial charge in [0.1, 0.15) is 5.75 Å². The molecule has 0 fully saturated rings. The summed E-state index contributed by atoms with van der Waals surface area (Å²) in [6.07, 6.45) is 2.23. The van der Waals surface area contributed by atoms with Gasteiger partial charge < -0.3 is 15.4 Å². The SMILES string of the molecule is CCCCC(=O)Nc1ccc(NC(=S)NC(=O)c2ccc(C)cc2Cl)cc1OC. The summed E-state index contributed by atoms with van der Waals surface area (Å²) in [5.74, 6) is 0.0125. The van der Waals surface area contributed by atoms with Gasteiger partial charge in [0.15, 0.2) is 5.11 Å². The number of rotatable bonds is 7. The topological polar surface area (TPSA) is 79.5 Å². The molecule has 0 aliphatic heterocycles. The number of unbranched alkanes of at least 4 members (excludes halogenated alkanes) is 1. The van der Waals surface area contributed by atoms with E-state index in [1.54, 1.807) is 36.4 Å². The summed E-state index contributed by atoms with van der Waals surface area (Å²) in [5, 5.41) is 8.83. The van der Waals surface area contributed by atoms with Crippen molar-refractivity contribution >= 4 is 52.1 Å². The fourth-order valence-electron chi connectivity index (χ4n) is 2.56. The van der Waals surface area contributed by atoms with Crippen molar-refractivity contribution in [2.45, 2.75) is 33.1 Å². The van der Waals surface area contributed by atoms with Crippen molar-refractivity contribution < 1.29 is 14.3 Å². The fraction of sp³-hybridized carbons (Fsp3) is 0.286. The zero-order valence-electron chi connectivity index (χ0n) is 16.6. The number of carbonyl (C=O) groups excluding carboxylic acids is 2. The lowest BCUT2D eigenvalue weighted by Gasteiger charge is -2.14. The molecule has 0 unspecified atom stereocenters. The van der Waals surface area contributed by atoms with Crippen molar-refractivity contribution in [3.8, 4) is 5.75 Å². The number of benzene rings is 2. The summed E-state index contributed by atoms with van der Waals surface area (Å²) in [7, 11) is 1.51. The molecule has 0 aromatic heterocycles. The fourth-order valence-corrected chi connectivity index (χ4v) is 3.09. The van der Waals surface area contributed by atoms with Crippen LogP contribution >= 0.6 is 23.8 Å². The van der Waals surface area contributed by atoms with Crippen LogP contribution in [0, 0.1) is 6.92 Å². The minimum Gasteiger partial charge on any atom is -0.494 e. The monoisotopic (exact) mass is 433 g/mol. The van der Waals surface area contributed by atoms with Gasteiger partial charge in [-0.15, -0.1) is 0 Å². The van der Waals surface area contributed by atoms with Crippen molar-refractivity contribution in [1.82, 2.24) is 5.32 Å². The lowest BCUT2D eigenvalue weighted by atomic mass is 10.1. The van der Waals surface area contributed by atoms with Crippen LogP contribution in [0.2, 0.25) is 5.02 Å². The number of aryl methyl sites for hydroxylation is 1. The predicted molar refractivity (Wildman–Crippen MR) is 121 cm³/mol. The number of anilines is 2. The van der Waals surface area contributed by atoms with E-state index >= 15 is 0 Å². The second kappa shape index (κ2) is 10.8. The second-order valence-electron chi connectivity index (χ2n) is 6.46. The van der Waals surface area contributed by atoms with E-state index in [1.807, 2.05) is 13.8 Å². The highest BCUT2D eigenvalue weighted by Crippen LogP contribution is 2.28. The van der Waals surface area contributed by atoms with E-state index in [-0.39, 0.29) is 11.0 Å². The minimum absolute atomic E-state index is 0.0661. The lowest BCUT2D eigenvalue weighted by Crippen LogP contribution is -2.34. The van der Waals surface area contributed by atoms with Crippen LogP contribution in [0.15, 0.2) is 36.4 Å². The van der Waals surface area contributed by atoms with Crippen LogP contribution in [0.5, 0.6) is 5.75 Å². The van der Waals surface area contributed by atoms with E-state index in [4.69, 9.17) is 28.6 Å². The zero-order chi connectivity index (χ0) is 21.4. The molecular weight excluding hydrogens is 410 g/mol. The Morgan fingerprint density at radius 3 is 2.55 bits per heavy atom. The molecule has 6 nitrogen and oxygen atoms in total. The highest BCUT2D eigenvalue weighted by molar-refractivity contribution is 7.80. The molecule has 0 aliphatic carbocycles. The van der Waals surface area contributed by atoms with Crippen molar-refractivity contribution in [3.63, 3.8) is 0 Å². The Labute approximate surface area is 181 Å². The van der Waals surface area contributed by atoms with E-state index in [2.05, 4.69) is 16.0 Å². The maximum atomic E-state index is 12.4. The summed E-state index contributed by atoms with van der Waals surface area (Å²) < 4.78 is 5.35. The van der Waals surface area contributed by atoms with Crippen LogP contribution in [-0.4, -0.2) is 24.0 Å². The van der Waals surface area contributed by atoms with Gasteiger partial charge in [0, 0.05) is 18.2 Å². The first kappa shape index (κ1) is 22.6. The number of hydrogen-bond acceptors (Lipinski definition) is 4. The highest BCUT2D eigenvalue weighted by Gasteiger charge is 2.13.